The largest absolute Gasteiger partial charge is 0.483 e. The van der Waals surface area contributed by atoms with E-state index >= 15 is 0 Å². The van der Waals surface area contributed by atoms with Gasteiger partial charge in [0.05, 0.1) is 10.7 Å². The van der Waals surface area contributed by atoms with Crippen molar-refractivity contribution in [2.75, 3.05) is 12.2 Å². The SMILES string of the molecule is CSCOc1ccc(-c2ccc(Cl)c(=O)n2C)c(Cl)c1. The molecule has 0 saturated carbocycles. The van der Waals surface area contributed by atoms with E-state index in [1.165, 1.54) is 4.57 Å². The van der Waals surface area contributed by atoms with E-state index in [4.69, 9.17) is 27.9 Å². The van der Waals surface area contributed by atoms with Gasteiger partial charge in [-0.05, 0) is 36.6 Å². The van der Waals surface area contributed by atoms with Gasteiger partial charge in [-0.25, -0.2) is 0 Å². The predicted molar refractivity (Wildman–Crippen MR) is 86.1 cm³/mol. The molecule has 0 aliphatic rings. The molecular formula is C14H13Cl2NO2S. The van der Waals surface area contributed by atoms with Gasteiger partial charge < -0.3 is 9.30 Å². The first kappa shape index (κ1) is 15.3. The van der Waals surface area contributed by atoms with Crippen LogP contribution in [-0.2, 0) is 7.05 Å². The van der Waals surface area contributed by atoms with Crippen LogP contribution in [0.4, 0.5) is 0 Å². The van der Waals surface area contributed by atoms with Crippen molar-refractivity contribution in [1.82, 2.24) is 4.57 Å². The molecule has 0 radical (unpaired) electrons. The van der Waals surface area contributed by atoms with Crippen molar-refractivity contribution in [3.63, 3.8) is 0 Å². The van der Waals surface area contributed by atoms with Gasteiger partial charge in [0, 0.05) is 12.6 Å². The summed E-state index contributed by atoms with van der Waals surface area (Å²) in [6, 6.07) is 8.75. The van der Waals surface area contributed by atoms with E-state index in [9.17, 15) is 4.79 Å². The van der Waals surface area contributed by atoms with Gasteiger partial charge in [0.15, 0.2) is 0 Å². The van der Waals surface area contributed by atoms with Crippen LogP contribution in [0, 0.1) is 0 Å². The summed E-state index contributed by atoms with van der Waals surface area (Å²) in [5.74, 6) is 1.27. The Morgan fingerprint density at radius 2 is 1.95 bits per heavy atom. The maximum Gasteiger partial charge on any atom is 0.269 e. The van der Waals surface area contributed by atoms with Crippen molar-refractivity contribution < 1.29 is 4.74 Å². The predicted octanol–water partition coefficient (Wildman–Crippen LogP) is 4.06. The van der Waals surface area contributed by atoms with Crippen LogP contribution >= 0.6 is 35.0 Å². The van der Waals surface area contributed by atoms with E-state index in [0.717, 1.165) is 5.56 Å². The van der Waals surface area contributed by atoms with Crippen molar-refractivity contribution in [2.24, 2.45) is 7.05 Å². The van der Waals surface area contributed by atoms with Gasteiger partial charge in [-0.2, -0.15) is 0 Å². The Morgan fingerprint density at radius 3 is 2.60 bits per heavy atom. The fourth-order valence-electron chi connectivity index (χ4n) is 1.80. The van der Waals surface area contributed by atoms with Crippen LogP contribution in [0.5, 0.6) is 5.75 Å². The molecule has 0 fully saturated rings. The molecule has 2 rings (SSSR count). The third-order valence-electron chi connectivity index (χ3n) is 2.82. The van der Waals surface area contributed by atoms with E-state index in [1.54, 1.807) is 37.0 Å². The summed E-state index contributed by atoms with van der Waals surface area (Å²) in [5, 5.41) is 0.716. The van der Waals surface area contributed by atoms with Gasteiger partial charge >= 0.3 is 0 Å². The monoisotopic (exact) mass is 329 g/mol. The molecule has 0 aliphatic carbocycles. The second-order valence-electron chi connectivity index (χ2n) is 4.12. The molecule has 0 spiro atoms. The molecule has 2 aromatic rings. The number of thioether (sulfide) groups is 1. The van der Waals surface area contributed by atoms with Crippen molar-refractivity contribution in [2.45, 2.75) is 0 Å². The quantitative estimate of drug-likeness (QED) is 0.792. The van der Waals surface area contributed by atoms with Crippen LogP contribution in [0.1, 0.15) is 0 Å². The molecule has 0 bridgehead atoms. The summed E-state index contributed by atoms with van der Waals surface area (Å²) in [7, 11) is 1.66. The number of rotatable bonds is 4. The Bertz CT molecular complexity index is 685. The summed E-state index contributed by atoms with van der Waals surface area (Å²) in [6.07, 6.45) is 1.96. The zero-order valence-electron chi connectivity index (χ0n) is 11.0. The number of benzene rings is 1. The highest BCUT2D eigenvalue weighted by atomic mass is 35.5. The second-order valence-corrected chi connectivity index (χ2v) is 5.75. The molecular weight excluding hydrogens is 317 g/mol. The second kappa shape index (κ2) is 6.57. The highest BCUT2D eigenvalue weighted by molar-refractivity contribution is 7.98. The minimum Gasteiger partial charge on any atom is -0.483 e. The lowest BCUT2D eigenvalue weighted by Crippen LogP contribution is -2.18. The average Bonchev–Trinajstić information content (AvgIpc) is 2.44. The lowest BCUT2D eigenvalue weighted by molar-refractivity contribution is 0.393. The van der Waals surface area contributed by atoms with Crippen LogP contribution in [0.2, 0.25) is 10.0 Å². The molecule has 20 heavy (non-hydrogen) atoms. The summed E-state index contributed by atoms with van der Waals surface area (Å²) in [5.41, 5.74) is 1.23. The number of hydrogen-bond donors (Lipinski definition) is 0. The smallest absolute Gasteiger partial charge is 0.269 e. The Balaban J connectivity index is 2.44. The number of halogens is 2. The third-order valence-corrected chi connectivity index (χ3v) is 3.77. The first-order valence-corrected chi connectivity index (χ1v) is 7.96. The Morgan fingerprint density at radius 1 is 1.20 bits per heavy atom. The molecule has 0 aliphatic heterocycles. The van der Waals surface area contributed by atoms with Gasteiger partial charge in [-0.3, -0.25) is 4.79 Å². The van der Waals surface area contributed by atoms with Crippen LogP contribution in [0.3, 0.4) is 0 Å². The van der Waals surface area contributed by atoms with E-state index in [1.807, 2.05) is 18.4 Å². The molecule has 0 unspecified atom stereocenters. The summed E-state index contributed by atoms with van der Waals surface area (Å²) in [4.78, 5) is 11.8. The van der Waals surface area contributed by atoms with E-state index in [2.05, 4.69) is 0 Å². The topological polar surface area (TPSA) is 31.2 Å². The Labute approximate surface area is 131 Å². The number of hydrogen-bond acceptors (Lipinski definition) is 3. The fourth-order valence-corrected chi connectivity index (χ4v) is 2.51. The molecule has 0 N–H and O–H groups in total. The standard InChI is InChI=1S/C14H13Cl2NO2S/c1-17-13(6-5-11(15)14(17)18)10-4-3-9(7-12(10)16)19-8-20-2/h3-7H,8H2,1-2H3. The molecule has 3 nitrogen and oxygen atoms in total. The zero-order chi connectivity index (χ0) is 14.7. The Hall–Kier alpha value is -1.10. The van der Waals surface area contributed by atoms with Crippen LogP contribution in [0.25, 0.3) is 11.3 Å². The maximum absolute atomic E-state index is 11.8. The van der Waals surface area contributed by atoms with Crippen molar-refractivity contribution >= 4 is 35.0 Å². The summed E-state index contributed by atoms with van der Waals surface area (Å²) in [6.45, 7) is 0. The molecule has 6 heteroatoms. The van der Waals surface area contributed by atoms with Gasteiger partial charge in [-0.1, -0.05) is 23.2 Å². The lowest BCUT2D eigenvalue weighted by atomic mass is 10.1. The molecule has 0 amide bonds. The number of ether oxygens (including phenoxy) is 1. The Kier molecular flexibility index (Phi) is 5.02. The van der Waals surface area contributed by atoms with Crippen molar-refractivity contribution in [3.8, 4) is 17.0 Å². The highest BCUT2D eigenvalue weighted by Gasteiger charge is 2.10. The van der Waals surface area contributed by atoms with Crippen molar-refractivity contribution in [1.29, 1.82) is 0 Å². The third kappa shape index (κ3) is 3.14. The molecule has 1 aromatic heterocycles. The zero-order valence-corrected chi connectivity index (χ0v) is 13.4. The number of pyridine rings is 1. The van der Waals surface area contributed by atoms with Gasteiger partial charge in [0.25, 0.3) is 5.56 Å². The van der Waals surface area contributed by atoms with Crippen molar-refractivity contribution in [3.05, 3.63) is 50.7 Å². The molecule has 1 aromatic carbocycles. The van der Waals surface area contributed by atoms with E-state index in [0.29, 0.717) is 22.4 Å². The fraction of sp³-hybridized carbons (Fsp3) is 0.214. The molecule has 106 valence electrons. The minimum absolute atomic E-state index is 0.187. The number of nitrogens with zero attached hydrogens (tertiary/aromatic N) is 1. The highest BCUT2D eigenvalue weighted by Crippen LogP contribution is 2.31. The average molecular weight is 330 g/mol. The van der Waals surface area contributed by atoms with E-state index < -0.39 is 0 Å². The summed E-state index contributed by atoms with van der Waals surface area (Å²) >= 11 is 13.7. The van der Waals surface area contributed by atoms with Crippen LogP contribution < -0.4 is 10.3 Å². The van der Waals surface area contributed by atoms with E-state index in [-0.39, 0.29) is 10.6 Å². The molecule has 0 atom stereocenters. The maximum atomic E-state index is 11.8. The van der Waals surface area contributed by atoms with Gasteiger partial charge in [-0.15, -0.1) is 11.8 Å². The number of aromatic nitrogens is 1. The normalized spacial score (nSPS) is 10.6. The molecule has 1 heterocycles. The first-order valence-electron chi connectivity index (χ1n) is 5.81. The van der Waals surface area contributed by atoms with Crippen LogP contribution in [-0.4, -0.2) is 16.8 Å². The molecule has 0 saturated heterocycles. The van der Waals surface area contributed by atoms with Gasteiger partial charge in [0.1, 0.15) is 16.7 Å². The minimum atomic E-state index is -0.247. The lowest BCUT2D eigenvalue weighted by Gasteiger charge is -2.12. The van der Waals surface area contributed by atoms with Crippen LogP contribution in [0.15, 0.2) is 35.1 Å². The van der Waals surface area contributed by atoms with Gasteiger partial charge in [0.2, 0.25) is 0 Å². The first-order chi connectivity index (χ1) is 9.54. The summed E-state index contributed by atoms with van der Waals surface area (Å²) < 4.78 is 6.97.